The molecule has 0 bridgehead atoms. The standard InChI is InChI=1S/C22H31N3O3S/c1-28-14-6-12-25-20(15-23-22(25)29(26,27)21-9-4-5-10-21)17-24-13-11-18-7-2-3-8-19(18)16-24/h2-3,7-8,15,21H,4-6,9-14,16-17H2,1H3. The molecule has 2 aliphatic rings. The third kappa shape index (κ3) is 4.42. The van der Waals surface area contributed by atoms with Crippen molar-refractivity contribution in [2.24, 2.45) is 0 Å². The molecular formula is C22H31N3O3S. The van der Waals surface area contributed by atoms with Gasteiger partial charge in [-0.3, -0.25) is 4.90 Å². The number of ether oxygens (including phenoxy) is 1. The van der Waals surface area contributed by atoms with Gasteiger partial charge in [0.1, 0.15) is 0 Å². The molecule has 2 aromatic rings. The molecule has 1 aromatic carbocycles. The van der Waals surface area contributed by atoms with Crippen molar-refractivity contribution in [2.45, 2.75) is 68.6 Å². The maximum atomic E-state index is 13.2. The highest BCUT2D eigenvalue weighted by Gasteiger charge is 2.34. The van der Waals surface area contributed by atoms with Gasteiger partial charge < -0.3 is 9.30 Å². The predicted octanol–water partition coefficient (Wildman–Crippen LogP) is 3.19. The minimum atomic E-state index is -3.38. The minimum absolute atomic E-state index is 0.257. The summed E-state index contributed by atoms with van der Waals surface area (Å²) in [4.78, 5) is 6.82. The number of aromatic nitrogens is 2. The quantitative estimate of drug-likeness (QED) is 0.617. The monoisotopic (exact) mass is 417 g/mol. The SMILES string of the molecule is COCCCn1c(CN2CCc3ccccc3C2)cnc1S(=O)(=O)C1CCCC1. The second-order valence-corrected chi connectivity index (χ2v) is 10.3. The van der Waals surface area contributed by atoms with E-state index in [9.17, 15) is 8.42 Å². The van der Waals surface area contributed by atoms with Crippen LogP contribution in [0.4, 0.5) is 0 Å². The molecule has 0 spiro atoms. The Labute approximate surface area is 173 Å². The molecule has 0 saturated heterocycles. The van der Waals surface area contributed by atoms with Crippen molar-refractivity contribution in [1.82, 2.24) is 14.5 Å². The average Bonchev–Trinajstić information content (AvgIpc) is 3.40. The Morgan fingerprint density at radius 1 is 1.17 bits per heavy atom. The van der Waals surface area contributed by atoms with E-state index in [0.29, 0.717) is 19.7 Å². The number of fused-ring (bicyclic) bond motifs is 1. The first kappa shape index (κ1) is 20.6. The fraction of sp³-hybridized carbons (Fsp3) is 0.591. The average molecular weight is 418 g/mol. The Morgan fingerprint density at radius 2 is 1.93 bits per heavy atom. The molecule has 2 heterocycles. The highest BCUT2D eigenvalue weighted by Crippen LogP contribution is 2.30. The molecule has 0 N–H and O–H groups in total. The molecule has 1 fully saturated rings. The van der Waals surface area contributed by atoms with Crippen molar-refractivity contribution in [3.05, 3.63) is 47.3 Å². The van der Waals surface area contributed by atoms with Crippen molar-refractivity contribution in [3.8, 4) is 0 Å². The maximum absolute atomic E-state index is 13.2. The van der Waals surface area contributed by atoms with Crippen LogP contribution in [-0.4, -0.2) is 48.4 Å². The second kappa shape index (κ2) is 8.98. The van der Waals surface area contributed by atoms with Crippen LogP contribution >= 0.6 is 0 Å². The van der Waals surface area contributed by atoms with Crippen LogP contribution in [0.2, 0.25) is 0 Å². The van der Waals surface area contributed by atoms with Gasteiger partial charge in [-0.2, -0.15) is 0 Å². The summed E-state index contributed by atoms with van der Waals surface area (Å²) in [5, 5.41) is -0.0197. The summed E-state index contributed by atoms with van der Waals surface area (Å²) >= 11 is 0. The molecule has 4 rings (SSSR count). The van der Waals surface area contributed by atoms with Gasteiger partial charge >= 0.3 is 0 Å². The van der Waals surface area contributed by atoms with Crippen LogP contribution in [0, 0.1) is 0 Å². The van der Waals surface area contributed by atoms with Crippen LogP contribution in [-0.2, 0) is 40.6 Å². The lowest BCUT2D eigenvalue weighted by molar-refractivity contribution is 0.187. The van der Waals surface area contributed by atoms with Crippen LogP contribution in [0.15, 0.2) is 35.6 Å². The fourth-order valence-electron chi connectivity index (χ4n) is 4.62. The van der Waals surface area contributed by atoms with Crippen LogP contribution < -0.4 is 0 Å². The van der Waals surface area contributed by atoms with Gasteiger partial charge in [-0.05, 0) is 36.8 Å². The van der Waals surface area contributed by atoms with Crippen molar-refractivity contribution < 1.29 is 13.2 Å². The lowest BCUT2D eigenvalue weighted by Crippen LogP contribution is -2.31. The predicted molar refractivity (Wildman–Crippen MR) is 112 cm³/mol. The molecule has 0 unspecified atom stereocenters. The fourth-order valence-corrected chi connectivity index (χ4v) is 6.58. The summed E-state index contributed by atoms with van der Waals surface area (Å²) in [6.45, 7) is 3.82. The first-order valence-corrected chi connectivity index (χ1v) is 12.2. The van der Waals surface area contributed by atoms with E-state index >= 15 is 0 Å². The first-order valence-electron chi connectivity index (χ1n) is 10.7. The Bertz CT molecular complexity index is 933. The number of methoxy groups -OCH3 is 1. The molecule has 0 radical (unpaired) electrons. The minimum Gasteiger partial charge on any atom is -0.385 e. The molecule has 1 aromatic heterocycles. The van der Waals surface area contributed by atoms with Gasteiger partial charge in [-0.25, -0.2) is 13.4 Å². The van der Waals surface area contributed by atoms with Gasteiger partial charge in [0.2, 0.25) is 15.0 Å². The molecule has 0 atom stereocenters. The molecule has 1 saturated carbocycles. The summed E-state index contributed by atoms with van der Waals surface area (Å²) in [5.74, 6) is 0. The number of rotatable bonds is 8. The lowest BCUT2D eigenvalue weighted by Gasteiger charge is -2.29. The van der Waals surface area contributed by atoms with E-state index in [-0.39, 0.29) is 10.4 Å². The van der Waals surface area contributed by atoms with Crippen LogP contribution in [0.25, 0.3) is 0 Å². The molecule has 7 heteroatoms. The van der Waals surface area contributed by atoms with Gasteiger partial charge in [-0.1, -0.05) is 37.1 Å². The second-order valence-electron chi connectivity index (χ2n) is 8.21. The summed E-state index contributed by atoms with van der Waals surface area (Å²) in [5.41, 5.74) is 3.77. The van der Waals surface area contributed by atoms with Gasteiger partial charge in [0.25, 0.3) is 0 Å². The zero-order chi connectivity index (χ0) is 20.3. The Morgan fingerprint density at radius 3 is 2.69 bits per heavy atom. The topological polar surface area (TPSA) is 64.4 Å². The van der Waals surface area contributed by atoms with Gasteiger partial charge in [0.15, 0.2) is 0 Å². The normalized spacial score (nSPS) is 18.2. The third-order valence-corrected chi connectivity index (χ3v) is 8.41. The third-order valence-electron chi connectivity index (χ3n) is 6.22. The molecule has 0 amide bonds. The number of nitrogens with zero attached hydrogens (tertiary/aromatic N) is 3. The summed E-state index contributed by atoms with van der Waals surface area (Å²) in [6, 6.07) is 8.57. The zero-order valence-corrected chi connectivity index (χ0v) is 18.0. The summed E-state index contributed by atoms with van der Waals surface area (Å²) in [7, 11) is -1.71. The largest absolute Gasteiger partial charge is 0.385 e. The van der Waals surface area contributed by atoms with E-state index in [4.69, 9.17) is 4.74 Å². The highest BCUT2D eigenvalue weighted by atomic mass is 32.2. The van der Waals surface area contributed by atoms with Crippen LogP contribution in [0.3, 0.4) is 0 Å². The van der Waals surface area contributed by atoms with Crippen molar-refractivity contribution >= 4 is 9.84 Å². The lowest BCUT2D eigenvalue weighted by atomic mass is 10.00. The number of hydrogen-bond acceptors (Lipinski definition) is 5. The van der Waals surface area contributed by atoms with Crippen molar-refractivity contribution in [2.75, 3.05) is 20.3 Å². The number of benzene rings is 1. The molecular weight excluding hydrogens is 386 g/mol. The molecule has 6 nitrogen and oxygen atoms in total. The molecule has 29 heavy (non-hydrogen) atoms. The molecule has 158 valence electrons. The molecule has 1 aliphatic carbocycles. The van der Waals surface area contributed by atoms with Crippen molar-refractivity contribution in [1.29, 1.82) is 0 Å². The van der Waals surface area contributed by atoms with Crippen LogP contribution in [0.5, 0.6) is 0 Å². The van der Waals surface area contributed by atoms with Gasteiger partial charge in [0.05, 0.1) is 17.1 Å². The van der Waals surface area contributed by atoms with E-state index < -0.39 is 9.84 Å². The summed E-state index contributed by atoms with van der Waals surface area (Å²) in [6.07, 6.45) is 7.08. The molecule has 1 aliphatic heterocycles. The van der Waals surface area contributed by atoms with E-state index in [1.54, 1.807) is 13.3 Å². The number of imidazole rings is 1. The van der Waals surface area contributed by atoms with Crippen LogP contribution in [0.1, 0.15) is 48.9 Å². The number of sulfone groups is 1. The van der Waals surface area contributed by atoms with Gasteiger partial charge in [-0.15, -0.1) is 0 Å². The van der Waals surface area contributed by atoms with Crippen molar-refractivity contribution in [3.63, 3.8) is 0 Å². The Balaban J connectivity index is 1.57. The summed E-state index contributed by atoms with van der Waals surface area (Å²) < 4.78 is 33.6. The maximum Gasteiger partial charge on any atom is 0.228 e. The highest BCUT2D eigenvalue weighted by molar-refractivity contribution is 7.91. The van der Waals surface area contributed by atoms with E-state index in [1.165, 1.54) is 11.1 Å². The van der Waals surface area contributed by atoms with Gasteiger partial charge in [0, 0.05) is 39.9 Å². The Hall–Kier alpha value is -1.70. The van der Waals surface area contributed by atoms with E-state index in [0.717, 1.165) is 57.3 Å². The smallest absolute Gasteiger partial charge is 0.228 e. The van der Waals surface area contributed by atoms with E-state index in [1.807, 2.05) is 4.57 Å². The Kier molecular flexibility index (Phi) is 6.37. The van der Waals surface area contributed by atoms with E-state index in [2.05, 4.69) is 34.1 Å². The first-order chi connectivity index (χ1) is 14.1. The number of hydrogen-bond donors (Lipinski definition) is 0. The zero-order valence-electron chi connectivity index (χ0n) is 17.2.